The second-order valence-electron chi connectivity index (χ2n) is 5.13. The van der Waals surface area contributed by atoms with E-state index in [0.717, 1.165) is 38.5 Å². The van der Waals surface area contributed by atoms with Crippen LogP contribution in [0.15, 0.2) is 23.2 Å². The van der Waals surface area contributed by atoms with Gasteiger partial charge in [-0.1, -0.05) is 51.1 Å². The van der Waals surface area contributed by atoms with E-state index in [1.165, 1.54) is 18.3 Å². The lowest BCUT2D eigenvalue weighted by Crippen LogP contribution is -2.33. The van der Waals surface area contributed by atoms with Crippen molar-refractivity contribution in [3.05, 3.63) is 23.5 Å². The van der Waals surface area contributed by atoms with Crippen LogP contribution in [0.25, 0.3) is 0 Å². The van der Waals surface area contributed by atoms with Crippen LogP contribution in [0.2, 0.25) is 5.15 Å². The lowest BCUT2D eigenvalue weighted by Gasteiger charge is -2.22. The van der Waals surface area contributed by atoms with Crippen LogP contribution in [0.4, 0.5) is 0 Å². The van der Waals surface area contributed by atoms with E-state index in [2.05, 4.69) is 18.8 Å². The summed E-state index contributed by atoms with van der Waals surface area (Å²) < 4.78 is 27.0. The van der Waals surface area contributed by atoms with E-state index in [0.29, 0.717) is 13.1 Å². The molecule has 0 fully saturated rings. The maximum absolute atomic E-state index is 12.7. The van der Waals surface area contributed by atoms with Gasteiger partial charge in [0.05, 0.1) is 4.90 Å². The molecule has 21 heavy (non-hydrogen) atoms. The van der Waals surface area contributed by atoms with Crippen LogP contribution in [-0.2, 0) is 10.0 Å². The van der Waals surface area contributed by atoms with Gasteiger partial charge in [-0.3, -0.25) is 0 Å². The first kappa shape index (κ1) is 18.4. The van der Waals surface area contributed by atoms with E-state index in [1.54, 1.807) is 4.31 Å². The lowest BCUT2D eigenvalue weighted by molar-refractivity contribution is 0.388. The first-order valence-corrected chi connectivity index (χ1v) is 9.45. The van der Waals surface area contributed by atoms with Crippen LogP contribution in [0.1, 0.15) is 52.4 Å². The van der Waals surface area contributed by atoms with Crippen molar-refractivity contribution in [1.82, 2.24) is 9.29 Å². The highest BCUT2D eigenvalue weighted by Gasteiger charge is 2.23. The van der Waals surface area contributed by atoms with Gasteiger partial charge in [0.25, 0.3) is 0 Å². The molecule has 0 atom stereocenters. The Bertz CT molecular complexity index is 510. The summed E-state index contributed by atoms with van der Waals surface area (Å²) in [7, 11) is -3.48. The van der Waals surface area contributed by atoms with Gasteiger partial charge in [0.15, 0.2) is 0 Å². The second-order valence-corrected chi connectivity index (χ2v) is 7.46. The van der Waals surface area contributed by atoms with Crippen molar-refractivity contribution in [2.75, 3.05) is 13.1 Å². The molecule has 6 heteroatoms. The molecule has 0 unspecified atom stereocenters. The maximum Gasteiger partial charge on any atom is 0.243 e. The molecule has 0 aliphatic rings. The van der Waals surface area contributed by atoms with Crippen molar-refractivity contribution in [2.24, 2.45) is 0 Å². The Labute approximate surface area is 133 Å². The largest absolute Gasteiger partial charge is 0.244 e. The zero-order valence-corrected chi connectivity index (χ0v) is 14.5. The van der Waals surface area contributed by atoms with Crippen LogP contribution >= 0.6 is 11.6 Å². The minimum absolute atomic E-state index is 0.207. The topological polar surface area (TPSA) is 50.3 Å². The van der Waals surface area contributed by atoms with Crippen molar-refractivity contribution in [1.29, 1.82) is 0 Å². The molecule has 1 heterocycles. The van der Waals surface area contributed by atoms with Gasteiger partial charge in [0.2, 0.25) is 10.0 Å². The van der Waals surface area contributed by atoms with E-state index in [-0.39, 0.29) is 10.0 Å². The highest BCUT2D eigenvalue weighted by molar-refractivity contribution is 7.89. The molecule has 0 aliphatic carbocycles. The first-order valence-electron chi connectivity index (χ1n) is 7.64. The van der Waals surface area contributed by atoms with Crippen molar-refractivity contribution < 1.29 is 8.42 Å². The fourth-order valence-electron chi connectivity index (χ4n) is 2.12. The number of unbranched alkanes of at least 4 members (excludes halogenated alkanes) is 4. The molecular formula is C15H25ClN2O2S. The third kappa shape index (κ3) is 5.93. The molecule has 0 aromatic carbocycles. The molecule has 1 rings (SSSR count). The molecule has 120 valence electrons. The Morgan fingerprint density at radius 3 is 2.14 bits per heavy atom. The first-order chi connectivity index (χ1) is 10.0. The summed E-state index contributed by atoms with van der Waals surface area (Å²) in [6.07, 6.45) is 7.44. The van der Waals surface area contributed by atoms with Gasteiger partial charge in [-0.25, -0.2) is 13.4 Å². The number of pyridine rings is 1. The minimum atomic E-state index is -3.48. The van der Waals surface area contributed by atoms with Gasteiger partial charge in [-0.05, 0) is 25.0 Å². The van der Waals surface area contributed by atoms with Crippen molar-refractivity contribution in [3.8, 4) is 0 Å². The normalized spacial score (nSPS) is 12.0. The maximum atomic E-state index is 12.7. The average molecular weight is 333 g/mol. The Kier molecular flexibility index (Phi) is 8.22. The molecular weight excluding hydrogens is 308 g/mol. The number of aromatic nitrogens is 1. The molecule has 1 aromatic heterocycles. The Balaban J connectivity index is 2.87. The van der Waals surface area contributed by atoms with Crippen molar-refractivity contribution in [2.45, 2.75) is 57.3 Å². The third-order valence-corrected chi connectivity index (χ3v) is 5.46. The van der Waals surface area contributed by atoms with Crippen molar-refractivity contribution >= 4 is 21.6 Å². The van der Waals surface area contributed by atoms with Gasteiger partial charge in [0.1, 0.15) is 5.15 Å². The molecule has 0 radical (unpaired) electrons. The van der Waals surface area contributed by atoms with E-state index in [1.807, 2.05) is 0 Å². The summed E-state index contributed by atoms with van der Waals surface area (Å²) in [6, 6.07) is 2.93. The van der Waals surface area contributed by atoms with E-state index in [4.69, 9.17) is 11.6 Å². The Morgan fingerprint density at radius 1 is 1.10 bits per heavy atom. The molecule has 0 bridgehead atoms. The van der Waals surface area contributed by atoms with Crippen LogP contribution in [-0.4, -0.2) is 30.8 Å². The molecule has 0 saturated heterocycles. The fraction of sp³-hybridized carbons (Fsp3) is 0.667. The van der Waals surface area contributed by atoms with Crippen LogP contribution < -0.4 is 0 Å². The summed E-state index contributed by atoms with van der Waals surface area (Å²) in [4.78, 5) is 4.08. The number of halogens is 1. The minimum Gasteiger partial charge on any atom is -0.244 e. The van der Waals surface area contributed by atoms with Crippen LogP contribution in [0, 0.1) is 0 Å². The average Bonchev–Trinajstić information content (AvgIpc) is 2.46. The molecule has 4 nitrogen and oxygen atoms in total. The Morgan fingerprint density at radius 2 is 1.67 bits per heavy atom. The SMILES string of the molecule is CCCCCN(CCCCC)S(=O)(=O)c1ccnc(Cl)c1. The molecule has 0 spiro atoms. The van der Waals surface area contributed by atoms with Gasteiger partial charge in [-0.15, -0.1) is 0 Å². The number of rotatable bonds is 10. The zero-order valence-electron chi connectivity index (χ0n) is 12.9. The monoisotopic (exact) mass is 332 g/mol. The molecule has 0 aliphatic heterocycles. The number of hydrogen-bond acceptors (Lipinski definition) is 3. The molecule has 1 aromatic rings. The zero-order chi connectivity index (χ0) is 15.7. The highest BCUT2D eigenvalue weighted by atomic mass is 35.5. The van der Waals surface area contributed by atoms with Crippen molar-refractivity contribution in [3.63, 3.8) is 0 Å². The van der Waals surface area contributed by atoms with Gasteiger partial charge < -0.3 is 0 Å². The second kappa shape index (κ2) is 9.38. The summed E-state index contributed by atoms with van der Waals surface area (Å²) in [5.41, 5.74) is 0. The van der Waals surface area contributed by atoms with E-state index in [9.17, 15) is 8.42 Å². The lowest BCUT2D eigenvalue weighted by atomic mass is 10.2. The molecule has 0 amide bonds. The summed E-state index contributed by atoms with van der Waals surface area (Å²) in [5.74, 6) is 0. The summed E-state index contributed by atoms with van der Waals surface area (Å²) in [5, 5.41) is 0.207. The number of hydrogen-bond donors (Lipinski definition) is 0. The smallest absolute Gasteiger partial charge is 0.243 e. The highest BCUT2D eigenvalue weighted by Crippen LogP contribution is 2.19. The number of sulfonamides is 1. The quantitative estimate of drug-likeness (QED) is 0.478. The van der Waals surface area contributed by atoms with Gasteiger partial charge in [0, 0.05) is 19.3 Å². The standard InChI is InChI=1S/C15H25ClN2O2S/c1-3-5-7-11-18(12-8-6-4-2)21(19,20)14-9-10-17-15(16)13-14/h9-10,13H,3-8,11-12H2,1-2H3. The molecule has 0 saturated carbocycles. The fourth-order valence-corrected chi connectivity index (χ4v) is 3.89. The van der Waals surface area contributed by atoms with Gasteiger partial charge in [-0.2, -0.15) is 4.31 Å². The summed E-state index contributed by atoms with van der Waals surface area (Å²) in [6.45, 7) is 5.36. The van der Waals surface area contributed by atoms with Gasteiger partial charge >= 0.3 is 0 Å². The van der Waals surface area contributed by atoms with Crippen LogP contribution in [0.5, 0.6) is 0 Å². The predicted molar refractivity (Wildman–Crippen MR) is 87.1 cm³/mol. The Hall–Kier alpha value is -0.650. The predicted octanol–water partition coefficient (Wildman–Crippen LogP) is 4.11. The number of nitrogens with zero attached hydrogens (tertiary/aromatic N) is 2. The molecule has 0 N–H and O–H groups in total. The van der Waals surface area contributed by atoms with E-state index < -0.39 is 10.0 Å². The third-order valence-electron chi connectivity index (χ3n) is 3.36. The van der Waals surface area contributed by atoms with E-state index >= 15 is 0 Å². The summed E-state index contributed by atoms with van der Waals surface area (Å²) >= 11 is 5.82. The van der Waals surface area contributed by atoms with Crippen LogP contribution in [0.3, 0.4) is 0 Å².